The molecule has 0 saturated heterocycles. The summed E-state index contributed by atoms with van der Waals surface area (Å²) in [6.45, 7) is 1.85. The van der Waals surface area contributed by atoms with Crippen LogP contribution in [0.4, 0.5) is 0 Å². The van der Waals surface area contributed by atoms with E-state index >= 15 is 0 Å². The predicted octanol–water partition coefficient (Wildman–Crippen LogP) is 2.33. The van der Waals surface area contributed by atoms with E-state index in [9.17, 15) is 0 Å². The van der Waals surface area contributed by atoms with Crippen molar-refractivity contribution in [2.24, 2.45) is 0 Å². The van der Waals surface area contributed by atoms with Crippen molar-refractivity contribution in [3.8, 4) is 12.3 Å². The maximum absolute atomic E-state index is 5.08. The predicted molar refractivity (Wildman–Crippen MR) is 39.1 cm³/mol. The first kappa shape index (κ1) is 6.44. The van der Waals surface area contributed by atoms with E-state index in [1.165, 1.54) is 0 Å². The Bertz CT molecular complexity index is 235. The van der Waals surface area contributed by atoms with Crippen molar-refractivity contribution in [3.63, 3.8) is 0 Å². The molecule has 0 unspecified atom stereocenters. The smallest absolute Gasteiger partial charge is 0.177 e. The van der Waals surface area contributed by atoms with Gasteiger partial charge in [-0.05, 0) is 28.8 Å². The molecule has 1 aromatic heterocycles. The van der Waals surface area contributed by atoms with Gasteiger partial charge in [0, 0.05) is 6.07 Å². The van der Waals surface area contributed by atoms with E-state index in [0.717, 1.165) is 10.2 Å². The Morgan fingerprint density at radius 1 is 1.78 bits per heavy atom. The molecule has 0 aliphatic carbocycles. The summed E-state index contributed by atoms with van der Waals surface area (Å²) in [5.74, 6) is 3.78. The monoisotopic (exact) mass is 184 g/mol. The summed E-state index contributed by atoms with van der Waals surface area (Å²) >= 11 is 3.27. The zero-order valence-corrected chi connectivity index (χ0v) is 6.53. The number of halogens is 1. The molecule has 0 aliphatic heterocycles. The molecule has 1 rings (SSSR count). The first-order chi connectivity index (χ1) is 4.24. The summed E-state index contributed by atoms with van der Waals surface area (Å²) in [5.41, 5.74) is 0. The zero-order valence-electron chi connectivity index (χ0n) is 4.94. The van der Waals surface area contributed by atoms with Gasteiger partial charge in [0.2, 0.25) is 0 Å². The highest BCUT2D eigenvalue weighted by Gasteiger charge is 1.99. The fraction of sp³-hybridized carbons (Fsp3) is 0.143. The van der Waals surface area contributed by atoms with Gasteiger partial charge in [-0.1, -0.05) is 0 Å². The largest absolute Gasteiger partial charge is 0.452 e. The lowest BCUT2D eigenvalue weighted by molar-refractivity contribution is 0.521. The Labute approximate surface area is 62.2 Å². The fourth-order valence-electron chi connectivity index (χ4n) is 0.531. The van der Waals surface area contributed by atoms with Crippen molar-refractivity contribution in [2.75, 3.05) is 0 Å². The molecule has 1 aromatic rings. The fourth-order valence-corrected chi connectivity index (χ4v) is 0.820. The normalized spacial score (nSPS) is 9.00. The molecule has 0 N–H and O–H groups in total. The van der Waals surface area contributed by atoms with Crippen molar-refractivity contribution < 1.29 is 4.42 Å². The Morgan fingerprint density at radius 2 is 2.44 bits per heavy atom. The third kappa shape index (κ3) is 1.17. The maximum Gasteiger partial charge on any atom is 0.177 e. The number of terminal acetylenes is 1. The summed E-state index contributed by atoms with van der Waals surface area (Å²) in [4.78, 5) is 0. The second-order valence-corrected chi connectivity index (χ2v) is 2.51. The average Bonchev–Trinajstić information content (AvgIpc) is 2.13. The van der Waals surface area contributed by atoms with Crippen LogP contribution in [0.25, 0.3) is 0 Å². The minimum atomic E-state index is 0.569. The van der Waals surface area contributed by atoms with Crippen LogP contribution in [0.3, 0.4) is 0 Å². The van der Waals surface area contributed by atoms with Crippen LogP contribution in [0.2, 0.25) is 0 Å². The third-order valence-electron chi connectivity index (χ3n) is 0.999. The number of furan rings is 1. The second-order valence-electron chi connectivity index (χ2n) is 1.66. The van der Waals surface area contributed by atoms with Crippen molar-refractivity contribution in [2.45, 2.75) is 6.92 Å². The van der Waals surface area contributed by atoms with E-state index in [2.05, 4.69) is 21.9 Å². The van der Waals surface area contributed by atoms with Gasteiger partial charge in [0.15, 0.2) is 5.76 Å². The van der Waals surface area contributed by atoms with Crippen LogP contribution in [0, 0.1) is 19.3 Å². The Hall–Kier alpha value is -0.680. The number of rotatable bonds is 0. The molecule has 0 aliphatic rings. The van der Waals surface area contributed by atoms with E-state index in [0.29, 0.717) is 5.76 Å². The molecule has 46 valence electrons. The van der Waals surface area contributed by atoms with Gasteiger partial charge in [-0.15, -0.1) is 6.42 Å². The molecule has 9 heavy (non-hydrogen) atoms. The minimum Gasteiger partial charge on any atom is -0.452 e. The minimum absolute atomic E-state index is 0.569. The van der Waals surface area contributed by atoms with Gasteiger partial charge >= 0.3 is 0 Å². The molecule has 0 atom stereocenters. The molecule has 0 saturated carbocycles. The van der Waals surface area contributed by atoms with Gasteiger partial charge in [0.05, 0.1) is 4.47 Å². The van der Waals surface area contributed by atoms with E-state index < -0.39 is 0 Å². The third-order valence-corrected chi connectivity index (χ3v) is 1.79. The topological polar surface area (TPSA) is 13.1 Å². The summed E-state index contributed by atoms with van der Waals surface area (Å²) in [5, 5.41) is 0. The SMILES string of the molecule is C#Cc1cc(Br)c(C)o1. The van der Waals surface area contributed by atoms with E-state index in [1.807, 2.05) is 6.92 Å². The molecule has 0 fully saturated rings. The molecule has 0 spiro atoms. The second kappa shape index (κ2) is 2.28. The van der Waals surface area contributed by atoms with Gasteiger partial charge < -0.3 is 4.42 Å². The summed E-state index contributed by atoms with van der Waals surface area (Å²) in [6.07, 6.45) is 5.07. The zero-order chi connectivity index (χ0) is 6.85. The van der Waals surface area contributed by atoms with Gasteiger partial charge in [0.25, 0.3) is 0 Å². The van der Waals surface area contributed by atoms with Crippen LogP contribution in [-0.4, -0.2) is 0 Å². The molecule has 2 heteroatoms. The molecule has 0 amide bonds. The van der Waals surface area contributed by atoms with Crippen molar-refractivity contribution in [1.29, 1.82) is 0 Å². The van der Waals surface area contributed by atoms with Crippen LogP contribution in [0.1, 0.15) is 11.5 Å². The number of hydrogen-bond acceptors (Lipinski definition) is 1. The van der Waals surface area contributed by atoms with Gasteiger partial charge in [-0.3, -0.25) is 0 Å². The quantitative estimate of drug-likeness (QED) is 0.565. The van der Waals surface area contributed by atoms with E-state index in [-0.39, 0.29) is 0 Å². The van der Waals surface area contributed by atoms with Crippen LogP contribution < -0.4 is 0 Å². The van der Waals surface area contributed by atoms with Crippen LogP contribution in [0.5, 0.6) is 0 Å². The van der Waals surface area contributed by atoms with E-state index in [1.54, 1.807) is 6.07 Å². The lowest BCUT2D eigenvalue weighted by atomic mass is 10.4. The number of aryl methyl sites for hydroxylation is 1. The summed E-state index contributed by atoms with van der Waals surface area (Å²) in [6, 6.07) is 1.77. The van der Waals surface area contributed by atoms with Gasteiger partial charge in [0.1, 0.15) is 5.76 Å². The molecule has 1 nitrogen and oxygen atoms in total. The first-order valence-electron chi connectivity index (χ1n) is 2.46. The summed E-state index contributed by atoms with van der Waals surface area (Å²) < 4.78 is 6.01. The first-order valence-corrected chi connectivity index (χ1v) is 3.26. The lowest BCUT2D eigenvalue weighted by Gasteiger charge is -1.78. The molecule has 0 aromatic carbocycles. The van der Waals surface area contributed by atoms with Gasteiger partial charge in [-0.2, -0.15) is 0 Å². The average molecular weight is 185 g/mol. The highest BCUT2D eigenvalue weighted by molar-refractivity contribution is 9.10. The molecular formula is C7H5BrO. The van der Waals surface area contributed by atoms with Crippen LogP contribution >= 0.6 is 15.9 Å². The van der Waals surface area contributed by atoms with E-state index in [4.69, 9.17) is 10.8 Å². The lowest BCUT2D eigenvalue weighted by Crippen LogP contribution is -1.58. The summed E-state index contributed by atoms with van der Waals surface area (Å²) in [7, 11) is 0. The van der Waals surface area contributed by atoms with Crippen LogP contribution in [0.15, 0.2) is 15.0 Å². The molecular weight excluding hydrogens is 180 g/mol. The highest BCUT2D eigenvalue weighted by atomic mass is 79.9. The Balaban J connectivity index is 3.16. The Kier molecular flexibility index (Phi) is 1.63. The standard InChI is InChI=1S/C7H5BrO/c1-3-6-4-7(8)5(2)9-6/h1,4H,2H3. The highest BCUT2D eigenvalue weighted by Crippen LogP contribution is 2.19. The number of hydrogen-bond donors (Lipinski definition) is 0. The van der Waals surface area contributed by atoms with Crippen molar-refractivity contribution in [3.05, 3.63) is 22.1 Å². The van der Waals surface area contributed by atoms with Gasteiger partial charge in [-0.25, -0.2) is 0 Å². The molecule has 0 radical (unpaired) electrons. The molecule has 0 bridgehead atoms. The van der Waals surface area contributed by atoms with Crippen molar-refractivity contribution >= 4 is 15.9 Å². The van der Waals surface area contributed by atoms with Crippen molar-refractivity contribution in [1.82, 2.24) is 0 Å². The Morgan fingerprint density at radius 3 is 2.67 bits per heavy atom. The van der Waals surface area contributed by atoms with Crippen LogP contribution in [-0.2, 0) is 0 Å². The maximum atomic E-state index is 5.08. The molecule has 1 heterocycles.